The minimum atomic E-state index is -4.63. The van der Waals surface area contributed by atoms with Crippen LogP contribution in [0.2, 0.25) is 0 Å². The van der Waals surface area contributed by atoms with Crippen molar-refractivity contribution in [2.24, 2.45) is 5.73 Å². The Balaban J connectivity index is 2.68. The van der Waals surface area contributed by atoms with Crippen LogP contribution >= 0.6 is 0 Å². The average molecular weight is 416 g/mol. The molecule has 2 amide bonds. The molecule has 2 atom stereocenters. The molecule has 0 saturated heterocycles. The quantitative estimate of drug-likeness (QED) is 0.407. The minimum absolute atomic E-state index is 0.0519. The molecule has 0 fully saturated rings. The summed E-state index contributed by atoms with van der Waals surface area (Å²) in [5, 5.41) is 4.83. The van der Waals surface area contributed by atoms with Crippen LogP contribution in [-0.4, -0.2) is 36.6 Å². The molecule has 0 spiro atoms. The van der Waals surface area contributed by atoms with Gasteiger partial charge in [0.2, 0.25) is 11.8 Å². The van der Waals surface area contributed by atoms with Crippen molar-refractivity contribution in [3.63, 3.8) is 0 Å². The van der Waals surface area contributed by atoms with E-state index in [1.807, 2.05) is 30.3 Å². The zero-order valence-electron chi connectivity index (χ0n) is 16.9. The Hall–Kier alpha value is -2.09. The second kappa shape index (κ2) is 13.2. The molecule has 1 unspecified atom stereocenters. The molecule has 0 radical (unpaired) electrons. The summed E-state index contributed by atoms with van der Waals surface area (Å²) in [4.78, 5) is 23.5. The van der Waals surface area contributed by atoms with Crippen LogP contribution in [0.3, 0.4) is 0 Å². The number of carbonyl (C=O) groups is 2. The number of alkyl halides is 3. The van der Waals surface area contributed by atoms with Gasteiger partial charge in [-0.3, -0.25) is 9.59 Å². The van der Waals surface area contributed by atoms with Crippen LogP contribution < -0.4 is 16.4 Å². The van der Waals surface area contributed by atoms with Gasteiger partial charge in [-0.05, 0) is 24.9 Å². The van der Waals surface area contributed by atoms with E-state index in [9.17, 15) is 22.8 Å². The van der Waals surface area contributed by atoms with Crippen LogP contribution in [0.5, 0.6) is 0 Å². The molecule has 164 valence electrons. The first-order valence-electron chi connectivity index (χ1n) is 10.2. The number of amides is 2. The fraction of sp³-hybridized carbons (Fsp3) is 0.619. The second-order valence-corrected chi connectivity index (χ2v) is 7.22. The zero-order valence-corrected chi connectivity index (χ0v) is 16.9. The Morgan fingerprint density at radius 1 is 1.07 bits per heavy atom. The minimum Gasteiger partial charge on any atom is -0.370 e. The fourth-order valence-electron chi connectivity index (χ4n) is 3.14. The number of benzene rings is 1. The molecule has 4 N–H and O–H groups in total. The summed E-state index contributed by atoms with van der Waals surface area (Å²) in [7, 11) is 0. The SMILES string of the molecule is CCCCCCCC(=O)N[C@H](CC(N)=O)C(NCCc1ccccc1)C(F)(F)F. The number of unbranched alkanes of at least 4 members (excludes halogenated alkanes) is 4. The number of carbonyl (C=O) groups excluding carboxylic acids is 2. The average Bonchev–Trinajstić information content (AvgIpc) is 2.64. The van der Waals surface area contributed by atoms with Gasteiger partial charge in [-0.1, -0.05) is 62.9 Å². The van der Waals surface area contributed by atoms with E-state index in [2.05, 4.69) is 17.6 Å². The highest BCUT2D eigenvalue weighted by Crippen LogP contribution is 2.24. The van der Waals surface area contributed by atoms with Crippen molar-refractivity contribution in [1.29, 1.82) is 0 Å². The van der Waals surface area contributed by atoms with Gasteiger partial charge in [0.1, 0.15) is 6.04 Å². The van der Waals surface area contributed by atoms with Crippen molar-refractivity contribution in [2.75, 3.05) is 6.54 Å². The van der Waals surface area contributed by atoms with Crippen LogP contribution in [0.1, 0.15) is 57.4 Å². The molecule has 0 heterocycles. The third-order valence-electron chi connectivity index (χ3n) is 4.65. The van der Waals surface area contributed by atoms with Crippen molar-refractivity contribution < 1.29 is 22.8 Å². The molecule has 1 aromatic rings. The highest BCUT2D eigenvalue weighted by Gasteiger charge is 2.45. The van der Waals surface area contributed by atoms with Crippen LogP contribution in [0.4, 0.5) is 13.2 Å². The number of nitrogens with one attached hydrogen (secondary N) is 2. The van der Waals surface area contributed by atoms with Crippen LogP contribution in [-0.2, 0) is 16.0 Å². The van der Waals surface area contributed by atoms with E-state index in [1.165, 1.54) is 0 Å². The van der Waals surface area contributed by atoms with Gasteiger partial charge < -0.3 is 16.4 Å². The van der Waals surface area contributed by atoms with E-state index in [4.69, 9.17) is 5.73 Å². The molecule has 29 heavy (non-hydrogen) atoms. The molecule has 0 aliphatic heterocycles. The molecule has 0 aliphatic rings. The number of hydrogen-bond acceptors (Lipinski definition) is 3. The molecule has 0 saturated carbocycles. The summed E-state index contributed by atoms with van der Waals surface area (Å²) in [6.07, 6.45) is -0.124. The summed E-state index contributed by atoms with van der Waals surface area (Å²) < 4.78 is 40.9. The van der Waals surface area contributed by atoms with E-state index >= 15 is 0 Å². The van der Waals surface area contributed by atoms with Crippen molar-refractivity contribution in [1.82, 2.24) is 10.6 Å². The van der Waals surface area contributed by atoms with Gasteiger partial charge in [0.05, 0.1) is 6.04 Å². The summed E-state index contributed by atoms with van der Waals surface area (Å²) in [5.74, 6) is -1.38. The first-order valence-corrected chi connectivity index (χ1v) is 10.2. The van der Waals surface area contributed by atoms with Gasteiger partial charge in [-0.2, -0.15) is 13.2 Å². The zero-order chi connectivity index (χ0) is 21.7. The normalized spacial score (nSPS) is 13.7. The van der Waals surface area contributed by atoms with E-state index in [0.29, 0.717) is 12.8 Å². The van der Waals surface area contributed by atoms with Crippen LogP contribution in [0, 0.1) is 0 Å². The van der Waals surface area contributed by atoms with E-state index in [-0.39, 0.29) is 13.0 Å². The number of halogens is 3. The molecule has 0 aromatic heterocycles. The number of nitrogens with two attached hydrogens (primary N) is 1. The standard InChI is InChI=1S/C21H32F3N3O2/c1-2-3-4-5-9-12-19(29)27-17(15-18(25)28)20(21(22,23)24)26-14-13-16-10-7-6-8-11-16/h6-8,10-11,17,20,26H,2-5,9,12-15H2,1H3,(H2,25,28)(H,27,29)/t17-,20?/m1/s1. The van der Waals surface area contributed by atoms with E-state index in [0.717, 1.165) is 31.2 Å². The Kier molecular flexibility index (Phi) is 11.3. The molecule has 1 aromatic carbocycles. The summed E-state index contributed by atoms with van der Waals surface area (Å²) in [5.41, 5.74) is 6.03. The predicted octanol–water partition coefficient (Wildman–Crippen LogP) is 3.47. The van der Waals surface area contributed by atoms with E-state index < -0.39 is 36.5 Å². The Morgan fingerprint density at radius 2 is 1.72 bits per heavy atom. The fourth-order valence-corrected chi connectivity index (χ4v) is 3.14. The van der Waals surface area contributed by atoms with Crippen LogP contribution in [0.15, 0.2) is 30.3 Å². The lowest BCUT2D eigenvalue weighted by Gasteiger charge is -2.30. The maximum atomic E-state index is 13.6. The van der Waals surface area contributed by atoms with Gasteiger partial charge >= 0.3 is 6.18 Å². The predicted molar refractivity (Wildman–Crippen MR) is 107 cm³/mol. The highest BCUT2D eigenvalue weighted by atomic mass is 19.4. The molecule has 0 bridgehead atoms. The molecule has 1 rings (SSSR count). The Morgan fingerprint density at radius 3 is 2.31 bits per heavy atom. The number of primary amides is 1. The van der Waals surface area contributed by atoms with Gasteiger partial charge in [0, 0.05) is 12.8 Å². The first-order chi connectivity index (χ1) is 13.7. The summed E-state index contributed by atoms with van der Waals surface area (Å²) in [6, 6.07) is 5.61. The lowest BCUT2D eigenvalue weighted by Crippen LogP contribution is -2.58. The van der Waals surface area contributed by atoms with Crippen molar-refractivity contribution in [3.8, 4) is 0 Å². The monoisotopic (exact) mass is 415 g/mol. The lowest BCUT2D eigenvalue weighted by atomic mass is 10.0. The van der Waals surface area contributed by atoms with Gasteiger partial charge in [-0.25, -0.2) is 0 Å². The van der Waals surface area contributed by atoms with Gasteiger partial charge in [0.15, 0.2) is 0 Å². The highest BCUT2D eigenvalue weighted by molar-refractivity contribution is 5.79. The molecule has 8 heteroatoms. The first kappa shape index (κ1) is 24.9. The van der Waals surface area contributed by atoms with Crippen molar-refractivity contribution >= 4 is 11.8 Å². The topological polar surface area (TPSA) is 84.2 Å². The van der Waals surface area contributed by atoms with Gasteiger partial charge in [0.25, 0.3) is 0 Å². The number of hydrogen-bond donors (Lipinski definition) is 3. The summed E-state index contributed by atoms with van der Waals surface area (Å²) >= 11 is 0. The molecule has 5 nitrogen and oxygen atoms in total. The maximum absolute atomic E-state index is 13.6. The Bertz CT molecular complexity index is 609. The van der Waals surface area contributed by atoms with Crippen molar-refractivity contribution in [2.45, 2.75) is 76.6 Å². The summed E-state index contributed by atoms with van der Waals surface area (Å²) in [6.45, 7) is 2.12. The van der Waals surface area contributed by atoms with Crippen molar-refractivity contribution in [3.05, 3.63) is 35.9 Å². The van der Waals surface area contributed by atoms with Gasteiger partial charge in [-0.15, -0.1) is 0 Å². The lowest BCUT2D eigenvalue weighted by molar-refractivity contribution is -0.164. The Labute approximate surface area is 170 Å². The smallest absolute Gasteiger partial charge is 0.370 e. The molecular formula is C21H32F3N3O2. The maximum Gasteiger partial charge on any atom is 0.405 e. The third kappa shape index (κ3) is 10.9. The second-order valence-electron chi connectivity index (χ2n) is 7.22. The largest absolute Gasteiger partial charge is 0.405 e. The number of rotatable bonds is 14. The van der Waals surface area contributed by atoms with E-state index in [1.54, 1.807) is 0 Å². The molecule has 0 aliphatic carbocycles. The molecular weight excluding hydrogens is 383 g/mol. The third-order valence-corrected chi connectivity index (χ3v) is 4.65. The van der Waals surface area contributed by atoms with Crippen LogP contribution in [0.25, 0.3) is 0 Å².